The summed E-state index contributed by atoms with van der Waals surface area (Å²) < 4.78 is 34.8. The first kappa shape index (κ1) is 41.7. The number of rotatable bonds is 15. The standard InChI is InChI=1S/C40H65N3O9/c1-35(2)23-29(38(7,8)41-35)32(44)50-17-14-47-26-20-27(48-15-18-51-33(45)30-24-36(3,4)42-39(30,9)10)22-28(21-26)49-16-19-52-34(46)31-25-37(5,6)43(13)40(31,11)12/h20-22,29-31,41-42H,14-19,23-25H2,1-13H3. The third-order valence-corrected chi connectivity index (χ3v) is 11.3. The fourth-order valence-electron chi connectivity index (χ4n) is 8.58. The van der Waals surface area contributed by atoms with Crippen LogP contribution in [0.15, 0.2) is 18.2 Å². The molecule has 3 fully saturated rings. The highest BCUT2D eigenvalue weighted by atomic mass is 16.6. The fraction of sp³-hybridized carbons (Fsp3) is 0.775. The van der Waals surface area contributed by atoms with Gasteiger partial charge in [0.15, 0.2) is 0 Å². The van der Waals surface area contributed by atoms with E-state index in [2.05, 4.69) is 70.9 Å². The molecule has 294 valence electrons. The van der Waals surface area contributed by atoms with E-state index in [4.69, 9.17) is 28.4 Å². The maximum absolute atomic E-state index is 13.1. The normalized spacial score (nSPS) is 26.4. The number of esters is 3. The molecular formula is C40H65N3O9. The molecule has 12 heteroatoms. The molecule has 3 atom stereocenters. The quantitative estimate of drug-likeness (QED) is 0.138. The molecule has 3 aliphatic heterocycles. The van der Waals surface area contributed by atoms with Crippen molar-refractivity contribution in [1.82, 2.24) is 15.5 Å². The van der Waals surface area contributed by atoms with Gasteiger partial charge in [-0.25, -0.2) is 0 Å². The smallest absolute Gasteiger partial charge is 0.310 e. The molecule has 3 heterocycles. The van der Waals surface area contributed by atoms with Gasteiger partial charge in [0.25, 0.3) is 0 Å². The summed E-state index contributed by atoms with van der Waals surface area (Å²) in [6.45, 7) is 25.4. The van der Waals surface area contributed by atoms with Crippen molar-refractivity contribution in [1.29, 1.82) is 0 Å². The average Bonchev–Trinajstić information content (AvgIpc) is 3.47. The van der Waals surface area contributed by atoms with Crippen molar-refractivity contribution >= 4 is 17.9 Å². The summed E-state index contributed by atoms with van der Waals surface area (Å²) >= 11 is 0. The van der Waals surface area contributed by atoms with Gasteiger partial charge in [-0.2, -0.15) is 0 Å². The summed E-state index contributed by atoms with van der Waals surface area (Å²) in [4.78, 5) is 41.2. The van der Waals surface area contributed by atoms with Gasteiger partial charge < -0.3 is 39.1 Å². The Labute approximate surface area is 311 Å². The van der Waals surface area contributed by atoms with Gasteiger partial charge in [-0.05, 0) is 109 Å². The number of hydrogen-bond acceptors (Lipinski definition) is 12. The number of hydrogen-bond donors (Lipinski definition) is 2. The van der Waals surface area contributed by atoms with Crippen LogP contribution in [0.4, 0.5) is 0 Å². The maximum atomic E-state index is 13.1. The minimum absolute atomic E-state index is 0.0751. The van der Waals surface area contributed by atoms with Gasteiger partial charge in [0.05, 0.1) is 17.8 Å². The topological polar surface area (TPSA) is 134 Å². The molecule has 12 nitrogen and oxygen atoms in total. The van der Waals surface area contributed by atoms with Crippen LogP contribution in [0.3, 0.4) is 0 Å². The Morgan fingerprint density at radius 2 is 0.885 bits per heavy atom. The fourth-order valence-corrected chi connectivity index (χ4v) is 8.58. The predicted octanol–water partition coefficient (Wildman–Crippen LogP) is 5.29. The molecule has 1 aromatic rings. The van der Waals surface area contributed by atoms with Gasteiger partial charge in [-0.15, -0.1) is 0 Å². The maximum Gasteiger partial charge on any atom is 0.310 e. The Hall–Kier alpha value is -3.09. The van der Waals surface area contributed by atoms with Crippen molar-refractivity contribution in [3.05, 3.63) is 18.2 Å². The van der Waals surface area contributed by atoms with Crippen LogP contribution in [0.25, 0.3) is 0 Å². The van der Waals surface area contributed by atoms with Gasteiger partial charge in [-0.3, -0.25) is 19.3 Å². The Balaban J connectivity index is 1.33. The van der Waals surface area contributed by atoms with E-state index in [0.29, 0.717) is 36.5 Å². The molecule has 0 saturated carbocycles. The van der Waals surface area contributed by atoms with Crippen molar-refractivity contribution in [3.63, 3.8) is 0 Å². The number of nitrogens with zero attached hydrogens (tertiary/aromatic N) is 1. The summed E-state index contributed by atoms with van der Waals surface area (Å²) in [5, 5.41) is 7.01. The lowest BCUT2D eigenvalue weighted by atomic mass is 9.87. The highest BCUT2D eigenvalue weighted by molar-refractivity contribution is 5.76. The molecule has 2 N–H and O–H groups in total. The molecule has 0 aromatic heterocycles. The lowest BCUT2D eigenvalue weighted by Crippen LogP contribution is -2.48. The molecule has 3 unspecified atom stereocenters. The van der Waals surface area contributed by atoms with E-state index in [0.717, 1.165) is 0 Å². The second-order valence-electron chi connectivity index (χ2n) is 18.4. The molecule has 0 amide bonds. The summed E-state index contributed by atoms with van der Waals surface area (Å²) in [7, 11) is 2.04. The third kappa shape index (κ3) is 10.1. The minimum Gasteiger partial charge on any atom is -0.490 e. The summed E-state index contributed by atoms with van der Waals surface area (Å²) in [6.07, 6.45) is 2.08. The highest BCUT2D eigenvalue weighted by Crippen LogP contribution is 2.44. The zero-order valence-electron chi connectivity index (χ0n) is 33.9. The van der Waals surface area contributed by atoms with Crippen LogP contribution in [0.5, 0.6) is 17.2 Å². The van der Waals surface area contributed by atoms with Crippen molar-refractivity contribution < 1.29 is 42.8 Å². The van der Waals surface area contributed by atoms with Crippen LogP contribution in [-0.4, -0.2) is 103 Å². The van der Waals surface area contributed by atoms with E-state index in [1.54, 1.807) is 18.2 Å². The molecule has 0 radical (unpaired) electrons. The van der Waals surface area contributed by atoms with Gasteiger partial charge in [-0.1, -0.05) is 0 Å². The first-order valence-corrected chi connectivity index (χ1v) is 18.7. The lowest BCUT2D eigenvalue weighted by molar-refractivity contribution is -0.152. The first-order chi connectivity index (χ1) is 23.9. The zero-order chi connectivity index (χ0) is 38.9. The van der Waals surface area contributed by atoms with Gasteiger partial charge in [0, 0.05) is 51.4 Å². The summed E-state index contributed by atoms with van der Waals surface area (Å²) in [5.74, 6) is -0.201. The Kier molecular flexibility index (Phi) is 12.3. The molecule has 1 aromatic carbocycles. The highest BCUT2D eigenvalue weighted by Gasteiger charge is 2.53. The third-order valence-electron chi connectivity index (χ3n) is 11.3. The van der Waals surface area contributed by atoms with Crippen LogP contribution in [0, 0.1) is 17.8 Å². The molecule has 0 bridgehead atoms. The number of nitrogens with one attached hydrogen (secondary N) is 2. The largest absolute Gasteiger partial charge is 0.490 e. The number of benzene rings is 1. The lowest BCUT2D eigenvalue weighted by Gasteiger charge is -2.37. The van der Waals surface area contributed by atoms with E-state index in [9.17, 15) is 14.4 Å². The van der Waals surface area contributed by atoms with Crippen LogP contribution in [0.1, 0.15) is 102 Å². The second-order valence-corrected chi connectivity index (χ2v) is 18.4. The number of likely N-dealkylation sites (tertiary alicyclic amines) is 1. The second kappa shape index (κ2) is 15.3. The Morgan fingerprint density at radius 1 is 0.558 bits per heavy atom. The van der Waals surface area contributed by atoms with E-state index in [1.807, 2.05) is 34.7 Å². The SMILES string of the molecule is CN1C(C)(C)CC(C(=O)OCCOc2cc(OCCOC(=O)C3CC(C)(C)NC3(C)C)cc(OCCOC(=O)C3CC(C)(C)NC3(C)C)c2)C1(C)C. The van der Waals surface area contributed by atoms with Crippen molar-refractivity contribution in [2.45, 2.75) is 136 Å². The molecular weight excluding hydrogens is 666 g/mol. The minimum atomic E-state index is -0.372. The van der Waals surface area contributed by atoms with Crippen LogP contribution < -0.4 is 24.8 Å². The molecule has 3 aliphatic rings. The van der Waals surface area contributed by atoms with E-state index < -0.39 is 0 Å². The number of carbonyl (C=O) groups excluding carboxylic acids is 3. The zero-order valence-corrected chi connectivity index (χ0v) is 33.9. The van der Waals surface area contributed by atoms with Crippen molar-refractivity contribution in [2.24, 2.45) is 17.8 Å². The van der Waals surface area contributed by atoms with Gasteiger partial charge >= 0.3 is 17.9 Å². The van der Waals surface area contributed by atoms with Crippen LogP contribution in [-0.2, 0) is 28.6 Å². The van der Waals surface area contributed by atoms with Crippen LogP contribution in [0.2, 0.25) is 0 Å². The number of carbonyl (C=O) groups is 3. The van der Waals surface area contributed by atoms with Crippen molar-refractivity contribution in [3.8, 4) is 17.2 Å². The Bertz CT molecular complexity index is 1380. The predicted molar refractivity (Wildman–Crippen MR) is 199 cm³/mol. The molecule has 0 spiro atoms. The van der Waals surface area contributed by atoms with E-state index in [1.165, 1.54) is 0 Å². The van der Waals surface area contributed by atoms with Crippen molar-refractivity contribution in [2.75, 3.05) is 46.7 Å². The van der Waals surface area contributed by atoms with Gasteiger partial charge in [0.1, 0.15) is 56.9 Å². The van der Waals surface area contributed by atoms with Gasteiger partial charge in [0.2, 0.25) is 0 Å². The monoisotopic (exact) mass is 731 g/mol. The van der Waals surface area contributed by atoms with E-state index in [-0.39, 0.29) is 109 Å². The molecule has 52 heavy (non-hydrogen) atoms. The Morgan fingerprint density at radius 3 is 1.15 bits per heavy atom. The summed E-state index contributed by atoms with van der Waals surface area (Å²) in [6, 6.07) is 5.12. The van der Waals surface area contributed by atoms with E-state index >= 15 is 0 Å². The van der Waals surface area contributed by atoms with Crippen LogP contribution >= 0.6 is 0 Å². The molecule has 4 rings (SSSR count). The average molecular weight is 732 g/mol. The number of ether oxygens (including phenoxy) is 6. The molecule has 0 aliphatic carbocycles. The molecule has 3 saturated heterocycles. The summed E-state index contributed by atoms with van der Waals surface area (Å²) in [5.41, 5.74) is -1.49. The first-order valence-electron chi connectivity index (χ1n) is 18.7.